The Morgan fingerprint density at radius 2 is 2.24 bits per heavy atom. The molecule has 1 N–H and O–H groups in total. The van der Waals surface area contributed by atoms with Crippen molar-refractivity contribution in [2.45, 2.75) is 19.8 Å². The van der Waals surface area contributed by atoms with E-state index in [0.717, 1.165) is 4.73 Å². The maximum absolute atomic E-state index is 12.7. The number of fused-ring (bicyclic) bond motifs is 3. The first-order chi connectivity index (χ1) is 12.0. The number of halogens is 1. The zero-order valence-electron chi connectivity index (χ0n) is 13.5. The third kappa shape index (κ3) is 2.25. The molecule has 128 valence electrons. The third-order valence-electron chi connectivity index (χ3n) is 4.19. The first kappa shape index (κ1) is 15.8. The van der Waals surface area contributed by atoms with Crippen LogP contribution < -0.4 is 4.73 Å². The summed E-state index contributed by atoms with van der Waals surface area (Å²) in [6.45, 7) is 3.36. The van der Waals surface area contributed by atoms with Crippen molar-refractivity contribution in [1.29, 1.82) is 0 Å². The third-order valence-corrected chi connectivity index (χ3v) is 4.50. The SMILES string of the molecule is Cc1c2c(-c3noc(C(C)CO)n3)ncn2c2cccc(Cl)c2[n+]1[O-]. The van der Waals surface area contributed by atoms with Gasteiger partial charge in [-0.05, 0) is 12.1 Å². The zero-order valence-corrected chi connectivity index (χ0v) is 14.2. The van der Waals surface area contributed by atoms with Crippen molar-refractivity contribution in [3.05, 3.63) is 46.3 Å². The van der Waals surface area contributed by atoms with Gasteiger partial charge < -0.3 is 14.8 Å². The monoisotopic (exact) mass is 359 g/mol. The van der Waals surface area contributed by atoms with Gasteiger partial charge in [0.05, 0.1) is 12.5 Å². The van der Waals surface area contributed by atoms with Gasteiger partial charge in [-0.1, -0.05) is 29.7 Å². The highest BCUT2D eigenvalue weighted by molar-refractivity contribution is 6.34. The van der Waals surface area contributed by atoms with Crippen LogP contribution in [0, 0.1) is 12.1 Å². The van der Waals surface area contributed by atoms with Crippen LogP contribution in [0.4, 0.5) is 0 Å². The number of imidazole rings is 1. The number of aliphatic hydroxyl groups excluding tert-OH is 1. The lowest BCUT2D eigenvalue weighted by molar-refractivity contribution is -0.583. The molecule has 0 amide bonds. The summed E-state index contributed by atoms with van der Waals surface area (Å²) < 4.78 is 7.76. The van der Waals surface area contributed by atoms with E-state index in [-0.39, 0.29) is 18.3 Å². The fraction of sp³-hybridized carbons (Fsp3) is 0.250. The van der Waals surface area contributed by atoms with Crippen LogP contribution in [-0.4, -0.2) is 31.2 Å². The molecular formula is C16H14ClN5O3. The molecule has 0 bridgehead atoms. The maximum Gasteiger partial charge on any atom is 0.259 e. The number of aromatic nitrogens is 5. The normalized spacial score (nSPS) is 13.0. The Bertz CT molecular complexity index is 1100. The smallest absolute Gasteiger partial charge is 0.259 e. The van der Waals surface area contributed by atoms with Crippen LogP contribution in [0.5, 0.6) is 0 Å². The van der Waals surface area contributed by atoms with E-state index in [1.54, 1.807) is 42.8 Å². The molecule has 0 aliphatic rings. The molecule has 0 spiro atoms. The molecule has 0 saturated carbocycles. The molecular weight excluding hydrogens is 346 g/mol. The van der Waals surface area contributed by atoms with E-state index in [9.17, 15) is 10.3 Å². The van der Waals surface area contributed by atoms with Gasteiger partial charge >= 0.3 is 0 Å². The number of hydrogen-bond donors (Lipinski definition) is 1. The molecule has 0 saturated heterocycles. The number of aliphatic hydroxyl groups is 1. The van der Waals surface area contributed by atoms with Crippen molar-refractivity contribution in [3.8, 4) is 11.5 Å². The van der Waals surface area contributed by atoms with E-state index >= 15 is 0 Å². The van der Waals surface area contributed by atoms with Crippen molar-refractivity contribution in [3.63, 3.8) is 0 Å². The predicted molar refractivity (Wildman–Crippen MR) is 90.2 cm³/mol. The Morgan fingerprint density at radius 1 is 1.44 bits per heavy atom. The second kappa shape index (κ2) is 5.68. The summed E-state index contributed by atoms with van der Waals surface area (Å²) in [5.41, 5.74) is 2.45. The van der Waals surface area contributed by atoms with E-state index in [4.69, 9.17) is 16.1 Å². The standard InChI is InChI=1S/C16H14ClN5O3/c1-8(6-23)16-19-15(20-25-16)12-13-9(2)22(24)14-10(17)4-3-5-11(14)21(13)7-18-12/h3-5,7-8,23H,6H2,1-2H3. The molecule has 0 aliphatic carbocycles. The Labute approximate surface area is 146 Å². The van der Waals surface area contributed by atoms with Crippen LogP contribution >= 0.6 is 11.6 Å². The van der Waals surface area contributed by atoms with Crippen LogP contribution in [0.3, 0.4) is 0 Å². The second-order valence-electron chi connectivity index (χ2n) is 5.84. The maximum atomic E-state index is 12.7. The molecule has 0 radical (unpaired) electrons. The van der Waals surface area contributed by atoms with Crippen molar-refractivity contribution in [1.82, 2.24) is 19.5 Å². The molecule has 3 aromatic heterocycles. The lowest BCUT2D eigenvalue weighted by atomic mass is 10.2. The highest BCUT2D eigenvalue weighted by atomic mass is 35.5. The van der Waals surface area contributed by atoms with Crippen molar-refractivity contribution < 1.29 is 14.4 Å². The van der Waals surface area contributed by atoms with E-state index in [1.807, 2.05) is 0 Å². The average Bonchev–Trinajstić information content (AvgIpc) is 3.25. The van der Waals surface area contributed by atoms with Crippen LogP contribution in [0.15, 0.2) is 29.0 Å². The summed E-state index contributed by atoms with van der Waals surface area (Å²) in [6.07, 6.45) is 1.60. The van der Waals surface area contributed by atoms with Gasteiger partial charge in [-0.15, -0.1) is 0 Å². The Kier molecular flexibility index (Phi) is 3.59. The highest BCUT2D eigenvalue weighted by Gasteiger charge is 2.25. The second-order valence-corrected chi connectivity index (χ2v) is 6.25. The lowest BCUT2D eigenvalue weighted by Gasteiger charge is -2.09. The number of rotatable bonds is 3. The molecule has 3 heterocycles. The van der Waals surface area contributed by atoms with Gasteiger partial charge in [0.25, 0.3) is 5.52 Å². The minimum absolute atomic E-state index is 0.103. The van der Waals surface area contributed by atoms with Gasteiger partial charge in [-0.3, -0.25) is 4.40 Å². The Hall–Kier alpha value is -2.71. The van der Waals surface area contributed by atoms with Gasteiger partial charge in [-0.2, -0.15) is 9.71 Å². The molecule has 1 atom stereocenters. The summed E-state index contributed by atoms with van der Waals surface area (Å²) in [7, 11) is 0. The molecule has 1 aromatic carbocycles. The number of nitrogens with zero attached hydrogens (tertiary/aromatic N) is 5. The van der Waals surface area contributed by atoms with Gasteiger partial charge in [0.15, 0.2) is 0 Å². The highest BCUT2D eigenvalue weighted by Crippen LogP contribution is 2.28. The van der Waals surface area contributed by atoms with E-state index < -0.39 is 0 Å². The molecule has 1 unspecified atom stereocenters. The molecule has 25 heavy (non-hydrogen) atoms. The van der Waals surface area contributed by atoms with E-state index in [1.165, 1.54) is 0 Å². The summed E-state index contributed by atoms with van der Waals surface area (Å²) in [6, 6.07) is 5.24. The molecule has 9 heteroatoms. The van der Waals surface area contributed by atoms with Gasteiger partial charge in [0, 0.05) is 6.92 Å². The van der Waals surface area contributed by atoms with Crippen LogP contribution in [0.2, 0.25) is 5.02 Å². The van der Waals surface area contributed by atoms with Gasteiger partial charge in [0.2, 0.25) is 17.4 Å². The van der Waals surface area contributed by atoms with Crippen molar-refractivity contribution in [2.24, 2.45) is 0 Å². The number of aryl methyl sites for hydroxylation is 1. The largest absolute Gasteiger partial charge is 0.618 e. The number of hydrogen-bond acceptors (Lipinski definition) is 6. The van der Waals surface area contributed by atoms with Crippen LogP contribution in [-0.2, 0) is 0 Å². The zero-order chi connectivity index (χ0) is 17.7. The van der Waals surface area contributed by atoms with Crippen LogP contribution in [0.25, 0.3) is 28.1 Å². The minimum Gasteiger partial charge on any atom is -0.618 e. The minimum atomic E-state index is -0.277. The first-order valence-corrected chi connectivity index (χ1v) is 8.03. The summed E-state index contributed by atoms with van der Waals surface area (Å²) >= 11 is 6.19. The fourth-order valence-corrected chi connectivity index (χ4v) is 3.06. The van der Waals surface area contributed by atoms with E-state index in [2.05, 4.69) is 15.1 Å². The van der Waals surface area contributed by atoms with Gasteiger partial charge in [0.1, 0.15) is 28.1 Å². The predicted octanol–water partition coefficient (Wildman–Crippen LogP) is 2.23. The van der Waals surface area contributed by atoms with Crippen LogP contribution in [0.1, 0.15) is 24.4 Å². The number of benzene rings is 1. The van der Waals surface area contributed by atoms with Crippen molar-refractivity contribution >= 4 is 28.2 Å². The summed E-state index contributed by atoms with van der Waals surface area (Å²) in [5.74, 6) is 0.303. The molecule has 0 fully saturated rings. The fourth-order valence-electron chi connectivity index (χ4n) is 2.81. The molecule has 4 rings (SSSR count). The lowest BCUT2D eigenvalue weighted by Crippen LogP contribution is -2.32. The quantitative estimate of drug-likeness (QED) is 0.444. The van der Waals surface area contributed by atoms with E-state index in [0.29, 0.717) is 38.9 Å². The summed E-state index contributed by atoms with van der Waals surface area (Å²) in [4.78, 5) is 8.66. The molecule has 8 nitrogen and oxygen atoms in total. The Balaban J connectivity index is 2.02. The van der Waals surface area contributed by atoms with Crippen molar-refractivity contribution in [2.75, 3.05) is 6.61 Å². The first-order valence-electron chi connectivity index (χ1n) is 7.65. The topological polar surface area (TPSA) is 103 Å². The summed E-state index contributed by atoms with van der Waals surface area (Å²) in [5, 5.41) is 26.2. The Morgan fingerprint density at radius 3 is 3.00 bits per heavy atom. The molecule has 0 aliphatic heterocycles. The average molecular weight is 360 g/mol. The molecule has 4 aromatic rings. The number of para-hydroxylation sites is 1. The van der Waals surface area contributed by atoms with Gasteiger partial charge in [-0.25, -0.2) is 4.98 Å².